The maximum Gasteiger partial charge on any atom is 0.262 e. The molecule has 0 radical (unpaired) electrons. The lowest BCUT2D eigenvalue weighted by Gasteiger charge is -2.40. The summed E-state index contributed by atoms with van der Waals surface area (Å²) in [5.74, 6) is -2.28. The molecule has 1 heterocycles. The Hall–Kier alpha value is -1.54. The zero-order valence-electron chi connectivity index (χ0n) is 12.1. The Labute approximate surface area is 122 Å². The maximum atomic E-state index is 12.7. The van der Waals surface area contributed by atoms with Gasteiger partial charge in [0.2, 0.25) is 0 Å². The van der Waals surface area contributed by atoms with Gasteiger partial charge in [-0.25, -0.2) is 0 Å². The van der Waals surface area contributed by atoms with Crippen molar-refractivity contribution < 1.29 is 29.7 Å². The average Bonchev–Trinajstić information content (AvgIpc) is 2.57. The molecule has 1 amide bonds. The minimum atomic E-state index is -2.06. The van der Waals surface area contributed by atoms with Crippen LogP contribution in [0.5, 0.6) is 0 Å². The van der Waals surface area contributed by atoms with Crippen molar-refractivity contribution in [3.63, 3.8) is 0 Å². The van der Waals surface area contributed by atoms with Gasteiger partial charge in [0.15, 0.2) is 11.5 Å². The standard InChI is InChI=1S/C14H19NO6/c1-4-5-8-6-7-9(16)10(17)14(8)11(18)13(2,20)15(21-3)12(14)19/h4-8,10-11,17-18,20H,1-3H3/b5-4+/t8-,10+,11+,13+,14-/m1/s1. The van der Waals surface area contributed by atoms with E-state index in [4.69, 9.17) is 4.84 Å². The van der Waals surface area contributed by atoms with Gasteiger partial charge in [-0.3, -0.25) is 14.4 Å². The van der Waals surface area contributed by atoms with E-state index >= 15 is 0 Å². The van der Waals surface area contributed by atoms with Crippen LogP contribution in [0.3, 0.4) is 0 Å². The summed E-state index contributed by atoms with van der Waals surface area (Å²) in [5.41, 5.74) is -3.96. The molecule has 0 bridgehead atoms. The first-order chi connectivity index (χ1) is 9.76. The van der Waals surface area contributed by atoms with Crippen molar-refractivity contribution in [1.29, 1.82) is 0 Å². The topological polar surface area (TPSA) is 107 Å². The van der Waals surface area contributed by atoms with E-state index in [1.165, 1.54) is 19.1 Å². The molecular weight excluding hydrogens is 278 g/mol. The number of hydrogen-bond acceptors (Lipinski definition) is 6. The van der Waals surface area contributed by atoms with Crippen LogP contribution in [0.2, 0.25) is 0 Å². The van der Waals surface area contributed by atoms with Gasteiger partial charge >= 0.3 is 0 Å². The number of ketones is 1. The minimum absolute atomic E-state index is 0.601. The first kappa shape index (κ1) is 15.8. The summed E-state index contributed by atoms with van der Waals surface area (Å²) < 4.78 is 0. The lowest BCUT2D eigenvalue weighted by molar-refractivity contribution is -0.263. The fraction of sp³-hybridized carbons (Fsp3) is 0.571. The molecule has 7 nitrogen and oxygen atoms in total. The molecule has 1 aliphatic heterocycles. The highest BCUT2D eigenvalue weighted by atomic mass is 16.7. The van der Waals surface area contributed by atoms with Gasteiger partial charge in [-0.05, 0) is 19.9 Å². The van der Waals surface area contributed by atoms with E-state index in [1.54, 1.807) is 19.1 Å². The molecule has 1 aliphatic carbocycles. The van der Waals surface area contributed by atoms with E-state index in [1.807, 2.05) is 0 Å². The third-order valence-electron chi connectivity index (χ3n) is 4.26. The van der Waals surface area contributed by atoms with Crippen LogP contribution < -0.4 is 0 Å². The number of hydroxylamine groups is 2. The fourth-order valence-corrected chi connectivity index (χ4v) is 3.22. The molecule has 5 atom stereocenters. The molecule has 1 fully saturated rings. The van der Waals surface area contributed by atoms with Gasteiger partial charge in [0.05, 0.1) is 7.11 Å². The summed E-state index contributed by atoms with van der Waals surface area (Å²) in [6.07, 6.45) is 2.36. The maximum absolute atomic E-state index is 12.7. The molecule has 0 unspecified atom stereocenters. The van der Waals surface area contributed by atoms with Gasteiger partial charge in [-0.2, -0.15) is 5.06 Å². The number of carbonyl (C=O) groups excluding carboxylic acids is 2. The van der Waals surface area contributed by atoms with E-state index in [0.29, 0.717) is 5.06 Å². The molecule has 0 aromatic rings. The molecule has 1 saturated heterocycles. The first-order valence-electron chi connectivity index (χ1n) is 6.58. The summed E-state index contributed by atoms with van der Waals surface area (Å²) in [6.45, 7) is 2.90. The number of aliphatic hydroxyl groups is 3. The first-order valence-corrected chi connectivity index (χ1v) is 6.58. The lowest BCUT2D eigenvalue weighted by Crippen LogP contribution is -2.58. The average molecular weight is 297 g/mol. The number of nitrogens with zero attached hydrogens (tertiary/aromatic N) is 1. The summed E-state index contributed by atoms with van der Waals surface area (Å²) >= 11 is 0. The van der Waals surface area contributed by atoms with E-state index < -0.39 is 41.0 Å². The minimum Gasteiger partial charge on any atom is -0.387 e. The number of carbonyl (C=O) groups is 2. The second kappa shape index (κ2) is 5.03. The molecule has 116 valence electrons. The molecule has 0 saturated carbocycles. The molecular formula is C14H19NO6. The Morgan fingerprint density at radius 2 is 2.00 bits per heavy atom. The summed E-state index contributed by atoms with van der Waals surface area (Å²) in [6, 6.07) is 0. The van der Waals surface area contributed by atoms with Crippen LogP contribution in [0.15, 0.2) is 24.3 Å². The van der Waals surface area contributed by atoms with E-state index in [-0.39, 0.29) is 0 Å². The van der Waals surface area contributed by atoms with Crippen LogP contribution >= 0.6 is 0 Å². The van der Waals surface area contributed by atoms with E-state index in [2.05, 4.69) is 0 Å². The molecule has 21 heavy (non-hydrogen) atoms. The zero-order valence-corrected chi connectivity index (χ0v) is 12.1. The normalized spacial score (nSPS) is 43.5. The van der Waals surface area contributed by atoms with Crippen molar-refractivity contribution in [2.75, 3.05) is 7.11 Å². The Morgan fingerprint density at radius 3 is 2.48 bits per heavy atom. The van der Waals surface area contributed by atoms with Crippen molar-refractivity contribution in [2.45, 2.75) is 31.8 Å². The number of allylic oxidation sites excluding steroid dienone is 3. The van der Waals surface area contributed by atoms with Crippen molar-refractivity contribution >= 4 is 11.7 Å². The predicted octanol–water partition coefficient (Wildman–Crippen LogP) is -0.862. The van der Waals surface area contributed by atoms with Crippen LogP contribution in [0.25, 0.3) is 0 Å². The highest BCUT2D eigenvalue weighted by molar-refractivity contribution is 6.02. The second-order valence-electron chi connectivity index (χ2n) is 5.43. The number of amides is 1. The Kier molecular flexibility index (Phi) is 3.79. The summed E-state index contributed by atoms with van der Waals surface area (Å²) in [7, 11) is 1.16. The number of rotatable bonds is 2. The molecule has 2 rings (SSSR count). The predicted molar refractivity (Wildman–Crippen MR) is 71.4 cm³/mol. The van der Waals surface area contributed by atoms with Crippen LogP contribution in [-0.4, -0.2) is 57.1 Å². The van der Waals surface area contributed by atoms with Gasteiger partial charge in [-0.1, -0.05) is 18.2 Å². The van der Waals surface area contributed by atoms with Gasteiger partial charge < -0.3 is 15.3 Å². The third kappa shape index (κ3) is 1.82. The molecule has 3 N–H and O–H groups in total. The molecule has 0 aromatic carbocycles. The highest BCUT2D eigenvalue weighted by Crippen LogP contribution is 2.51. The Balaban J connectivity index is 2.68. The van der Waals surface area contributed by atoms with Gasteiger partial charge in [0.25, 0.3) is 5.91 Å². The second-order valence-corrected chi connectivity index (χ2v) is 5.43. The SMILES string of the molecule is C/C=C/[C@@H]1C=CC(=O)[C@H](O)[C@]12C(=O)N(OC)[C@@](C)(O)[C@@H]2O. The zero-order chi connectivity index (χ0) is 16.0. The largest absolute Gasteiger partial charge is 0.387 e. The van der Waals surface area contributed by atoms with Gasteiger partial charge in [-0.15, -0.1) is 0 Å². The molecule has 0 aromatic heterocycles. The Bertz CT molecular complexity index is 526. The quantitative estimate of drug-likeness (QED) is 0.572. The van der Waals surface area contributed by atoms with E-state index in [0.717, 1.165) is 7.11 Å². The third-order valence-corrected chi connectivity index (χ3v) is 4.26. The van der Waals surface area contributed by atoms with Crippen LogP contribution in [0.4, 0.5) is 0 Å². The summed E-state index contributed by atoms with van der Waals surface area (Å²) in [5, 5.41) is 31.8. The molecule has 1 spiro atoms. The number of hydrogen-bond donors (Lipinski definition) is 3. The van der Waals surface area contributed by atoms with Crippen molar-refractivity contribution in [3.8, 4) is 0 Å². The monoisotopic (exact) mass is 297 g/mol. The van der Waals surface area contributed by atoms with Crippen LogP contribution in [0.1, 0.15) is 13.8 Å². The van der Waals surface area contributed by atoms with Gasteiger partial charge in [0.1, 0.15) is 17.6 Å². The Morgan fingerprint density at radius 1 is 1.38 bits per heavy atom. The van der Waals surface area contributed by atoms with Crippen molar-refractivity contribution in [3.05, 3.63) is 24.3 Å². The van der Waals surface area contributed by atoms with Crippen LogP contribution in [-0.2, 0) is 14.4 Å². The van der Waals surface area contributed by atoms with Crippen molar-refractivity contribution in [1.82, 2.24) is 5.06 Å². The van der Waals surface area contributed by atoms with Crippen LogP contribution in [0, 0.1) is 11.3 Å². The van der Waals surface area contributed by atoms with Crippen molar-refractivity contribution in [2.24, 2.45) is 11.3 Å². The lowest BCUT2D eigenvalue weighted by atomic mass is 9.63. The highest BCUT2D eigenvalue weighted by Gasteiger charge is 2.72. The molecule has 7 heteroatoms. The smallest absolute Gasteiger partial charge is 0.262 e. The van der Waals surface area contributed by atoms with Gasteiger partial charge in [0, 0.05) is 5.92 Å². The molecule has 2 aliphatic rings. The summed E-state index contributed by atoms with van der Waals surface area (Å²) in [4.78, 5) is 29.4. The number of aliphatic hydroxyl groups excluding tert-OH is 2. The fourth-order valence-electron chi connectivity index (χ4n) is 3.22. The van der Waals surface area contributed by atoms with E-state index in [9.17, 15) is 24.9 Å².